The zero-order valence-corrected chi connectivity index (χ0v) is 14.7. The standard InChI is InChI=1S/C16H16ClN5O3/c1-20(2)15(23)22-13-12(21(3)16(22)24)8-18-14(19-13)25-9-10-4-6-11(17)7-5-10/h4-8H,9H2,1-3H3. The van der Waals surface area contributed by atoms with E-state index in [1.807, 2.05) is 12.1 Å². The van der Waals surface area contributed by atoms with Crippen LogP contribution >= 0.6 is 11.6 Å². The topological polar surface area (TPSA) is 82.2 Å². The zero-order valence-electron chi connectivity index (χ0n) is 13.9. The van der Waals surface area contributed by atoms with Crippen LogP contribution in [-0.2, 0) is 13.7 Å². The third-order valence-corrected chi connectivity index (χ3v) is 3.89. The van der Waals surface area contributed by atoms with Gasteiger partial charge in [0, 0.05) is 26.2 Å². The fourth-order valence-electron chi connectivity index (χ4n) is 2.27. The van der Waals surface area contributed by atoms with Crippen LogP contribution in [-0.4, -0.2) is 44.1 Å². The molecule has 130 valence electrons. The third-order valence-electron chi connectivity index (χ3n) is 3.63. The Labute approximate surface area is 148 Å². The van der Waals surface area contributed by atoms with Gasteiger partial charge in [0.15, 0.2) is 5.65 Å². The van der Waals surface area contributed by atoms with Gasteiger partial charge in [-0.1, -0.05) is 23.7 Å². The number of hydrogen-bond donors (Lipinski definition) is 0. The molecule has 0 spiro atoms. The average molecular weight is 362 g/mol. The molecule has 0 aliphatic carbocycles. The van der Waals surface area contributed by atoms with Crippen molar-refractivity contribution >= 4 is 28.8 Å². The molecule has 2 aromatic heterocycles. The van der Waals surface area contributed by atoms with E-state index in [9.17, 15) is 9.59 Å². The van der Waals surface area contributed by atoms with Crippen molar-refractivity contribution in [2.45, 2.75) is 6.61 Å². The molecule has 0 aliphatic heterocycles. The van der Waals surface area contributed by atoms with Gasteiger partial charge in [-0.05, 0) is 17.7 Å². The number of hydrogen-bond acceptors (Lipinski definition) is 5. The minimum atomic E-state index is -0.488. The lowest BCUT2D eigenvalue weighted by atomic mass is 10.2. The van der Waals surface area contributed by atoms with Crippen LogP contribution in [0.5, 0.6) is 6.01 Å². The fraction of sp³-hybridized carbons (Fsp3) is 0.250. The molecule has 9 heteroatoms. The monoisotopic (exact) mass is 361 g/mol. The number of carbonyl (C=O) groups is 1. The van der Waals surface area contributed by atoms with E-state index in [-0.39, 0.29) is 18.3 Å². The van der Waals surface area contributed by atoms with Crippen LogP contribution < -0.4 is 10.4 Å². The third kappa shape index (κ3) is 3.20. The Morgan fingerprint density at radius 3 is 2.60 bits per heavy atom. The second-order valence-electron chi connectivity index (χ2n) is 5.63. The second-order valence-corrected chi connectivity index (χ2v) is 6.07. The van der Waals surface area contributed by atoms with E-state index in [4.69, 9.17) is 16.3 Å². The predicted octanol–water partition coefficient (Wildman–Crippen LogP) is 1.89. The van der Waals surface area contributed by atoms with E-state index >= 15 is 0 Å². The molecular formula is C16H16ClN5O3. The highest BCUT2D eigenvalue weighted by Crippen LogP contribution is 2.15. The van der Waals surface area contributed by atoms with E-state index in [0.717, 1.165) is 10.1 Å². The molecule has 0 bridgehead atoms. The van der Waals surface area contributed by atoms with E-state index < -0.39 is 11.7 Å². The first-order chi connectivity index (χ1) is 11.9. The minimum absolute atomic E-state index is 0.0772. The number of aromatic nitrogens is 4. The molecular weight excluding hydrogens is 346 g/mol. The molecule has 0 fully saturated rings. The first-order valence-corrected chi connectivity index (χ1v) is 7.79. The number of fused-ring (bicyclic) bond motifs is 1. The number of carbonyl (C=O) groups excluding carboxylic acids is 1. The van der Waals surface area contributed by atoms with Crippen molar-refractivity contribution in [2.24, 2.45) is 7.05 Å². The molecule has 0 saturated carbocycles. The quantitative estimate of drug-likeness (QED) is 0.711. The molecule has 3 rings (SSSR count). The number of benzene rings is 1. The highest BCUT2D eigenvalue weighted by molar-refractivity contribution is 6.30. The van der Waals surface area contributed by atoms with Crippen LogP contribution in [0.3, 0.4) is 0 Å². The van der Waals surface area contributed by atoms with Gasteiger partial charge in [0.1, 0.15) is 12.1 Å². The lowest BCUT2D eigenvalue weighted by Crippen LogP contribution is -2.35. The maximum absolute atomic E-state index is 12.3. The van der Waals surface area contributed by atoms with Crippen molar-refractivity contribution < 1.29 is 9.53 Å². The summed E-state index contributed by atoms with van der Waals surface area (Å²) in [5, 5.41) is 0.636. The van der Waals surface area contributed by atoms with Gasteiger partial charge in [0.25, 0.3) is 0 Å². The molecule has 0 radical (unpaired) electrons. The molecule has 0 aliphatic rings. The van der Waals surface area contributed by atoms with Crippen molar-refractivity contribution in [1.29, 1.82) is 0 Å². The van der Waals surface area contributed by atoms with Crippen LogP contribution in [0.1, 0.15) is 5.56 Å². The van der Waals surface area contributed by atoms with Crippen molar-refractivity contribution in [2.75, 3.05) is 14.1 Å². The SMILES string of the molecule is CN(C)C(=O)n1c(=O)n(C)c2cnc(OCc3ccc(Cl)cc3)nc21. The zero-order chi connectivity index (χ0) is 18.1. The summed E-state index contributed by atoms with van der Waals surface area (Å²) in [5.41, 5.74) is 1.05. The van der Waals surface area contributed by atoms with Crippen LogP contribution in [0.15, 0.2) is 35.3 Å². The van der Waals surface area contributed by atoms with Gasteiger partial charge >= 0.3 is 17.7 Å². The number of rotatable bonds is 3. The maximum atomic E-state index is 12.3. The fourth-order valence-corrected chi connectivity index (χ4v) is 2.39. The number of halogens is 1. The van der Waals surface area contributed by atoms with Crippen LogP contribution in [0.25, 0.3) is 11.2 Å². The van der Waals surface area contributed by atoms with Crippen LogP contribution in [0.4, 0.5) is 4.79 Å². The average Bonchev–Trinajstić information content (AvgIpc) is 2.84. The number of imidazole rings is 1. The smallest absolute Gasteiger partial charge is 0.338 e. The number of nitrogens with zero attached hydrogens (tertiary/aromatic N) is 5. The summed E-state index contributed by atoms with van der Waals surface area (Å²) >= 11 is 5.85. The summed E-state index contributed by atoms with van der Waals surface area (Å²) in [4.78, 5) is 34.2. The van der Waals surface area contributed by atoms with Crippen LogP contribution in [0, 0.1) is 0 Å². The molecule has 2 heterocycles. The Balaban J connectivity index is 1.95. The summed E-state index contributed by atoms with van der Waals surface area (Å²) < 4.78 is 7.88. The van der Waals surface area contributed by atoms with Gasteiger partial charge in [-0.25, -0.2) is 14.6 Å². The van der Waals surface area contributed by atoms with Crippen molar-refractivity contribution in [3.63, 3.8) is 0 Å². The Kier molecular flexibility index (Phi) is 4.45. The Morgan fingerprint density at radius 1 is 1.28 bits per heavy atom. The largest absolute Gasteiger partial charge is 0.459 e. The molecule has 0 atom stereocenters. The lowest BCUT2D eigenvalue weighted by molar-refractivity contribution is 0.219. The first kappa shape index (κ1) is 17.0. The molecule has 0 unspecified atom stereocenters. The van der Waals surface area contributed by atoms with E-state index in [0.29, 0.717) is 10.5 Å². The Morgan fingerprint density at radius 2 is 1.96 bits per heavy atom. The van der Waals surface area contributed by atoms with Gasteiger partial charge in [0.05, 0.1) is 6.20 Å². The Bertz CT molecular complexity index is 991. The van der Waals surface area contributed by atoms with Crippen molar-refractivity contribution in [3.05, 3.63) is 51.5 Å². The predicted molar refractivity (Wildman–Crippen MR) is 93.0 cm³/mol. The summed E-state index contributed by atoms with van der Waals surface area (Å²) in [6.07, 6.45) is 1.46. The van der Waals surface area contributed by atoms with Gasteiger partial charge in [-0.15, -0.1) is 0 Å². The summed E-state index contributed by atoms with van der Waals surface area (Å²) in [7, 11) is 4.68. The van der Waals surface area contributed by atoms with Gasteiger partial charge in [-0.3, -0.25) is 4.57 Å². The molecule has 1 aromatic carbocycles. The maximum Gasteiger partial charge on any atom is 0.338 e. The van der Waals surface area contributed by atoms with Gasteiger partial charge < -0.3 is 9.64 Å². The molecule has 25 heavy (non-hydrogen) atoms. The summed E-state index contributed by atoms with van der Waals surface area (Å²) in [5.74, 6) is 0. The highest BCUT2D eigenvalue weighted by Gasteiger charge is 2.20. The van der Waals surface area contributed by atoms with Gasteiger partial charge in [-0.2, -0.15) is 9.55 Å². The summed E-state index contributed by atoms with van der Waals surface area (Å²) in [6, 6.07) is 6.76. The molecule has 0 saturated heterocycles. The number of amides is 1. The van der Waals surface area contributed by atoms with Crippen LogP contribution in [0.2, 0.25) is 5.02 Å². The number of ether oxygens (including phenoxy) is 1. The number of aryl methyl sites for hydroxylation is 1. The Hall–Kier alpha value is -2.87. The van der Waals surface area contributed by atoms with Gasteiger partial charge in [0.2, 0.25) is 0 Å². The second kappa shape index (κ2) is 6.56. The first-order valence-electron chi connectivity index (χ1n) is 7.42. The minimum Gasteiger partial charge on any atom is -0.459 e. The van der Waals surface area contributed by atoms with Crippen molar-refractivity contribution in [3.8, 4) is 6.01 Å². The molecule has 8 nitrogen and oxygen atoms in total. The molecule has 0 N–H and O–H groups in total. The van der Waals surface area contributed by atoms with E-state index in [1.54, 1.807) is 33.3 Å². The van der Waals surface area contributed by atoms with Crippen molar-refractivity contribution in [1.82, 2.24) is 24.0 Å². The van der Waals surface area contributed by atoms with E-state index in [1.165, 1.54) is 15.7 Å². The molecule has 3 aromatic rings. The highest BCUT2D eigenvalue weighted by atomic mass is 35.5. The normalized spacial score (nSPS) is 10.9. The summed E-state index contributed by atoms with van der Waals surface area (Å²) in [6.45, 7) is 0.237. The molecule has 1 amide bonds. The van der Waals surface area contributed by atoms with E-state index in [2.05, 4.69) is 9.97 Å². The lowest BCUT2D eigenvalue weighted by Gasteiger charge is -2.10.